The van der Waals surface area contributed by atoms with Crippen molar-refractivity contribution in [3.63, 3.8) is 0 Å². The smallest absolute Gasteiger partial charge is 0.111 e. The predicted molar refractivity (Wildman–Crippen MR) is 70.6 cm³/mol. The fourth-order valence-electron chi connectivity index (χ4n) is 2.57. The maximum absolute atomic E-state index is 2.30. The molecule has 0 bridgehead atoms. The zero-order valence-electron chi connectivity index (χ0n) is 11.9. The van der Waals surface area contributed by atoms with Gasteiger partial charge in [-0.2, -0.15) is 0 Å². The first-order chi connectivity index (χ1) is 7.29. The van der Waals surface area contributed by atoms with E-state index in [-0.39, 0.29) is 0 Å². The SMILES string of the molecule is CC(C)=C1C(=C(C)C)N(C)C(=C(C)C)N1C. The van der Waals surface area contributed by atoms with E-state index >= 15 is 0 Å². The fraction of sp³-hybridized carbons (Fsp3) is 0.571. The Labute approximate surface area is 99.9 Å². The average molecular weight is 220 g/mol. The van der Waals surface area contributed by atoms with Crippen molar-refractivity contribution in [2.24, 2.45) is 0 Å². The van der Waals surface area contributed by atoms with Crippen LogP contribution < -0.4 is 0 Å². The van der Waals surface area contributed by atoms with Gasteiger partial charge >= 0.3 is 0 Å². The summed E-state index contributed by atoms with van der Waals surface area (Å²) in [5.74, 6) is 1.30. The quantitative estimate of drug-likeness (QED) is 0.614. The third-order valence-electron chi connectivity index (χ3n) is 2.92. The molecule has 0 unspecified atom stereocenters. The molecule has 0 aliphatic carbocycles. The normalized spacial score (nSPS) is 16.1. The molecule has 0 spiro atoms. The molecular weight excluding hydrogens is 196 g/mol. The van der Waals surface area contributed by atoms with Gasteiger partial charge < -0.3 is 9.80 Å². The number of nitrogens with zero attached hydrogens (tertiary/aromatic N) is 2. The predicted octanol–water partition coefficient (Wildman–Crippen LogP) is 3.70. The fourth-order valence-corrected chi connectivity index (χ4v) is 2.57. The molecule has 0 aromatic carbocycles. The second-order valence-corrected chi connectivity index (χ2v) is 5.14. The molecule has 1 fully saturated rings. The number of likely N-dealkylation sites (N-methyl/N-ethyl adjacent to an activating group) is 2. The van der Waals surface area contributed by atoms with Gasteiger partial charge in [0.1, 0.15) is 5.82 Å². The highest BCUT2D eigenvalue weighted by molar-refractivity contribution is 5.45. The number of allylic oxidation sites excluding steroid dienone is 3. The Morgan fingerprint density at radius 3 is 1.12 bits per heavy atom. The summed E-state index contributed by atoms with van der Waals surface area (Å²) >= 11 is 0. The van der Waals surface area contributed by atoms with Gasteiger partial charge in [0.25, 0.3) is 0 Å². The van der Waals surface area contributed by atoms with Crippen LogP contribution >= 0.6 is 0 Å². The lowest BCUT2D eigenvalue weighted by Gasteiger charge is -2.19. The van der Waals surface area contributed by atoms with E-state index in [1.807, 2.05) is 0 Å². The zero-order chi connectivity index (χ0) is 12.6. The van der Waals surface area contributed by atoms with Crippen molar-refractivity contribution in [1.82, 2.24) is 9.80 Å². The van der Waals surface area contributed by atoms with Crippen LogP contribution in [-0.2, 0) is 0 Å². The summed E-state index contributed by atoms with van der Waals surface area (Å²) in [6.07, 6.45) is 0. The minimum Gasteiger partial charge on any atom is -0.329 e. The van der Waals surface area contributed by atoms with E-state index in [2.05, 4.69) is 65.4 Å². The number of hydrogen-bond donors (Lipinski definition) is 0. The van der Waals surface area contributed by atoms with Crippen molar-refractivity contribution in [3.8, 4) is 0 Å². The van der Waals surface area contributed by atoms with Crippen LogP contribution in [0.15, 0.2) is 33.9 Å². The maximum atomic E-state index is 2.30. The lowest BCUT2D eigenvalue weighted by Crippen LogP contribution is -2.17. The first-order valence-electron chi connectivity index (χ1n) is 5.79. The van der Waals surface area contributed by atoms with Gasteiger partial charge in [-0.1, -0.05) is 11.1 Å². The molecule has 0 N–H and O–H groups in total. The van der Waals surface area contributed by atoms with Crippen molar-refractivity contribution >= 4 is 0 Å². The van der Waals surface area contributed by atoms with Gasteiger partial charge in [-0.05, 0) is 47.1 Å². The molecule has 1 rings (SSSR count). The third kappa shape index (κ3) is 1.89. The Bertz CT molecular complexity index is 353. The molecule has 16 heavy (non-hydrogen) atoms. The summed E-state index contributed by atoms with van der Waals surface area (Å²) in [7, 11) is 4.30. The Morgan fingerprint density at radius 2 is 0.938 bits per heavy atom. The van der Waals surface area contributed by atoms with E-state index in [4.69, 9.17) is 0 Å². The Morgan fingerprint density at radius 1 is 0.625 bits per heavy atom. The molecule has 2 nitrogen and oxygen atoms in total. The van der Waals surface area contributed by atoms with E-state index in [0.29, 0.717) is 0 Å². The molecule has 0 amide bonds. The molecule has 0 radical (unpaired) electrons. The van der Waals surface area contributed by atoms with E-state index in [1.54, 1.807) is 0 Å². The summed E-state index contributed by atoms with van der Waals surface area (Å²) in [6, 6.07) is 0. The first-order valence-corrected chi connectivity index (χ1v) is 5.79. The lowest BCUT2D eigenvalue weighted by molar-refractivity contribution is 0.441. The molecule has 1 heterocycles. The van der Waals surface area contributed by atoms with E-state index in [9.17, 15) is 0 Å². The molecule has 0 aromatic rings. The minimum atomic E-state index is 1.30. The van der Waals surface area contributed by atoms with Gasteiger partial charge in [0.2, 0.25) is 0 Å². The Balaban J connectivity index is 3.52. The summed E-state index contributed by atoms with van der Waals surface area (Å²) in [6.45, 7) is 13.0. The van der Waals surface area contributed by atoms with Crippen LogP contribution in [0.5, 0.6) is 0 Å². The van der Waals surface area contributed by atoms with Crippen LogP contribution in [0.4, 0.5) is 0 Å². The van der Waals surface area contributed by atoms with Gasteiger partial charge in [0, 0.05) is 14.1 Å². The summed E-state index contributed by atoms with van der Waals surface area (Å²) in [5.41, 5.74) is 6.76. The molecule has 0 saturated carbocycles. The second-order valence-electron chi connectivity index (χ2n) is 5.14. The van der Waals surface area contributed by atoms with Gasteiger partial charge in [-0.25, -0.2) is 0 Å². The molecule has 90 valence electrons. The van der Waals surface area contributed by atoms with Crippen LogP contribution in [0, 0.1) is 0 Å². The number of hydrogen-bond acceptors (Lipinski definition) is 2. The van der Waals surface area contributed by atoms with Crippen molar-refractivity contribution < 1.29 is 0 Å². The van der Waals surface area contributed by atoms with Crippen LogP contribution in [0.1, 0.15) is 41.5 Å². The molecule has 1 aliphatic heterocycles. The summed E-state index contributed by atoms with van der Waals surface area (Å²) < 4.78 is 0. The molecular formula is C14H24N2. The molecule has 0 atom stereocenters. The summed E-state index contributed by atoms with van der Waals surface area (Å²) in [4.78, 5) is 4.60. The highest BCUT2D eigenvalue weighted by atomic mass is 15.4. The molecule has 2 heteroatoms. The van der Waals surface area contributed by atoms with Crippen LogP contribution in [-0.4, -0.2) is 23.9 Å². The van der Waals surface area contributed by atoms with Crippen molar-refractivity contribution in [2.45, 2.75) is 41.5 Å². The lowest BCUT2D eigenvalue weighted by atomic mass is 10.1. The van der Waals surface area contributed by atoms with Gasteiger partial charge in [-0.3, -0.25) is 0 Å². The third-order valence-corrected chi connectivity index (χ3v) is 2.92. The van der Waals surface area contributed by atoms with Gasteiger partial charge in [-0.15, -0.1) is 0 Å². The van der Waals surface area contributed by atoms with Crippen molar-refractivity contribution in [3.05, 3.63) is 33.9 Å². The van der Waals surface area contributed by atoms with E-state index in [1.165, 1.54) is 33.9 Å². The largest absolute Gasteiger partial charge is 0.329 e. The van der Waals surface area contributed by atoms with Crippen LogP contribution in [0.2, 0.25) is 0 Å². The van der Waals surface area contributed by atoms with Crippen LogP contribution in [0.3, 0.4) is 0 Å². The zero-order valence-corrected chi connectivity index (χ0v) is 11.9. The maximum Gasteiger partial charge on any atom is 0.111 e. The Kier molecular flexibility index (Phi) is 3.51. The van der Waals surface area contributed by atoms with Crippen LogP contribution in [0.25, 0.3) is 0 Å². The number of rotatable bonds is 0. The van der Waals surface area contributed by atoms with Crippen molar-refractivity contribution in [2.75, 3.05) is 14.1 Å². The van der Waals surface area contributed by atoms with E-state index < -0.39 is 0 Å². The highest BCUT2D eigenvalue weighted by Crippen LogP contribution is 2.38. The second kappa shape index (κ2) is 4.36. The molecule has 1 saturated heterocycles. The van der Waals surface area contributed by atoms with Gasteiger partial charge in [0.15, 0.2) is 0 Å². The molecule has 0 aromatic heterocycles. The highest BCUT2D eigenvalue weighted by Gasteiger charge is 2.31. The van der Waals surface area contributed by atoms with Gasteiger partial charge in [0.05, 0.1) is 11.4 Å². The van der Waals surface area contributed by atoms with Crippen molar-refractivity contribution in [1.29, 1.82) is 0 Å². The average Bonchev–Trinajstić information content (AvgIpc) is 2.36. The monoisotopic (exact) mass is 220 g/mol. The topological polar surface area (TPSA) is 6.48 Å². The summed E-state index contributed by atoms with van der Waals surface area (Å²) in [5, 5.41) is 0. The standard InChI is InChI=1S/C14H24N2/c1-9(2)12-13(10(3)4)16(8)14(11(5)6)15(12)7/h1-8H3. The minimum absolute atomic E-state index is 1.30. The van der Waals surface area contributed by atoms with E-state index in [0.717, 1.165) is 0 Å². The molecule has 1 aliphatic rings. The Hall–Kier alpha value is -1.18. The first kappa shape index (κ1) is 12.9.